The smallest absolute Gasteiger partial charge is 0.402 e. The number of rotatable bonds is 17. The van der Waals surface area contributed by atoms with Gasteiger partial charge in [0, 0.05) is 54.2 Å². The number of carbonyl (C=O) groups is 15. The van der Waals surface area contributed by atoms with E-state index >= 15 is 0 Å². The maximum Gasteiger partial charge on any atom is 0.402 e. The quantitative estimate of drug-likeness (QED) is 0.0411. The Morgan fingerprint density at radius 1 is 0.396 bits per heavy atom. The number of nitrogens with zero attached hydrogens (tertiary/aromatic N) is 6. The van der Waals surface area contributed by atoms with Crippen LogP contribution in [0.4, 0.5) is 24.5 Å². The Kier molecular flexibility index (Phi) is 17.6. The van der Waals surface area contributed by atoms with Gasteiger partial charge in [-0.15, -0.1) is 0 Å². The van der Waals surface area contributed by atoms with Gasteiger partial charge in [-0.25, -0.2) is 24.2 Å². The molecule has 6 aliphatic rings. The molecule has 29 heteroatoms. The Morgan fingerprint density at radius 2 is 0.762 bits per heavy atom. The van der Waals surface area contributed by atoms with Crippen molar-refractivity contribution in [2.75, 3.05) is 23.1 Å². The van der Waals surface area contributed by atoms with Crippen LogP contribution in [-0.4, -0.2) is 133 Å². The minimum absolute atomic E-state index is 0.0186. The topological polar surface area (TPSA) is 333 Å². The zero-order chi connectivity index (χ0) is 72.1. The molecule has 0 aliphatic carbocycles. The number of imide groups is 6. The summed E-state index contributed by atoms with van der Waals surface area (Å²) < 4.78 is 64.9. The van der Waals surface area contributed by atoms with Crippen LogP contribution in [0.25, 0.3) is 0 Å². The van der Waals surface area contributed by atoms with Crippen molar-refractivity contribution in [2.24, 2.45) is 0 Å². The number of anilines is 2. The van der Waals surface area contributed by atoms with Crippen LogP contribution in [-0.2, 0) is 43.8 Å². The summed E-state index contributed by atoms with van der Waals surface area (Å²) in [5.41, 5.74) is -1.81. The molecule has 0 saturated carbocycles. The molecule has 6 heterocycles. The zero-order valence-corrected chi connectivity index (χ0v) is 52.1. The van der Waals surface area contributed by atoms with E-state index < -0.39 is 120 Å². The van der Waals surface area contributed by atoms with Crippen molar-refractivity contribution in [3.63, 3.8) is 0 Å². The van der Waals surface area contributed by atoms with Gasteiger partial charge in [0.1, 0.15) is 41.8 Å². The minimum Gasteiger partial charge on any atom is -0.461 e. The molecule has 101 heavy (non-hydrogen) atoms. The van der Waals surface area contributed by atoms with Crippen molar-refractivity contribution in [3.8, 4) is 23.0 Å². The summed E-state index contributed by atoms with van der Waals surface area (Å²) in [6.45, 7) is 1.48. The van der Waals surface area contributed by atoms with Crippen LogP contribution >= 0.6 is 0 Å². The Balaban J connectivity index is 0.000000251. The van der Waals surface area contributed by atoms with Gasteiger partial charge >= 0.3 is 24.1 Å². The normalized spacial score (nSPS) is 15.7. The Hall–Kier alpha value is -13.7. The molecule has 0 fully saturated rings. The van der Waals surface area contributed by atoms with Gasteiger partial charge in [0.2, 0.25) is 6.29 Å². The minimum atomic E-state index is -4.70. The Labute approximate surface area is 566 Å². The lowest BCUT2D eigenvalue weighted by Gasteiger charge is -2.33. The highest BCUT2D eigenvalue weighted by molar-refractivity contribution is 6.29. The molecular formula is C72H45F3N6O20. The summed E-state index contributed by atoms with van der Waals surface area (Å²) in [7, 11) is 0. The van der Waals surface area contributed by atoms with Gasteiger partial charge in [-0.3, -0.25) is 77.1 Å². The van der Waals surface area contributed by atoms with E-state index in [-0.39, 0.29) is 90.0 Å². The van der Waals surface area contributed by atoms with Gasteiger partial charge in [-0.2, -0.15) is 13.2 Å². The molecule has 6 aliphatic heterocycles. The number of benzene rings is 7. The molecule has 504 valence electrons. The molecule has 26 nitrogen and oxygen atoms in total. The molecule has 13 rings (SSSR count). The number of hydrogen-bond acceptors (Lipinski definition) is 20. The molecule has 1 atom stereocenters. The largest absolute Gasteiger partial charge is 0.461 e. The third kappa shape index (κ3) is 12.9. The number of esters is 3. The number of carbonyl (C=O) groups excluding carboxylic acids is 15. The second kappa shape index (κ2) is 26.4. The van der Waals surface area contributed by atoms with Crippen LogP contribution in [0, 0.1) is 6.92 Å². The molecule has 1 unspecified atom stereocenters. The van der Waals surface area contributed by atoms with Gasteiger partial charge in [0.25, 0.3) is 70.9 Å². The second-order valence-corrected chi connectivity index (χ2v) is 22.8. The molecule has 7 aromatic carbocycles. The fraction of sp³-hybridized carbons (Fsp3) is 0.0972. The molecular weight excluding hydrogens is 1330 g/mol. The lowest BCUT2D eigenvalue weighted by molar-refractivity contribution is -0.173. The van der Waals surface area contributed by atoms with Crippen LogP contribution in [0.3, 0.4) is 0 Å². The first-order chi connectivity index (χ1) is 48.1. The highest BCUT2D eigenvalue weighted by Gasteiger charge is 2.54. The van der Waals surface area contributed by atoms with Gasteiger partial charge < -0.3 is 24.1 Å². The molecule has 12 amide bonds. The van der Waals surface area contributed by atoms with Crippen molar-refractivity contribution in [2.45, 2.75) is 31.7 Å². The standard InChI is InChI=1S/C49H30N4O16.C23H15F3N2O4/c1-25-20-32(68-46(62)26-2-8-30(9-3-26)66-48(64)28-6-13-33-35(21-28)44(60)52(42(33)58)23-50-38(54)16-17-39(50)55)12-15-37(25)69-47(63)27-4-10-31(11-5-27)67-49(65)29-7-14-34-36(22-29)45(61)53(43(34)59)24-51-40(56)18-19-41(51)57;1-22(23(24,25)26,14-2-6-16(7-3-14)27-18(29)10-11-19(27)30)15-4-8-17(9-5-15)28-20(31)12-13-21(28)32/h2-22,48,64H,23-24H2,1H3;2-13H,1H3. The lowest BCUT2D eigenvalue weighted by atomic mass is 9.75. The van der Waals surface area contributed by atoms with E-state index in [1.54, 1.807) is 6.92 Å². The van der Waals surface area contributed by atoms with Crippen LogP contribution in [0.1, 0.15) is 108 Å². The van der Waals surface area contributed by atoms with Crippen LogP contribution in [0.15, 0.2) is 200 Å². The number of amides is 12. The average molecular weight is 1370 g/mol. The summed E-state index contributed by atoms with van der Waals surface area (Å²) in [5, 5.41) is 10.8. The van der Waals surface area contributed by atoms with E-state index in [2.05, 4.69) is 0 Å². The summed E-state index contributed by atoms with van der Waals surface area (Å²) >= 11 is 0. The van der Waals surface area contributed by atoms with Crippen molar-refractivity contribution in [3.05, 3.63) is 261 Å². The Morgan fingerprint density at radius 3 is 1.21 bits per heavy atom. The van der Waals surface area contributed by atoms with E-state index in [4.69, 9.17) is 18.9 Å². The van der Waals surface area contributed by atoms with E-state index in [0.717, 1.165) is 84.9 Å². The monoisotopic (exact) mass is 1370 g/mol. The summed E-state index contributed by atoms with van der Waals surface area (Å²) in [6, 6.07) is 32.9. The fourth-order valence-electron chi connectivity index (χ4n) is 11.1. The van der Waals surface area contributed by atoms with Crippen LogP contribution < -0.4 is 28.7 Å². The van der Waals surface area contributed by atoms with Crippen LogP contribution in [0.5, 0.6) is 23.0 Å². The third-order valence-corrected chi connectivity index (χ3v) is 16.6. The number of aryl methyl sites for hydroxylation is 1. The van der Waals surface area contributed by atoms with Crippen molar-refractivity contribution in [1.82, 2.24) is 19.6 Å². The number of alkyl halides is 3. The Bertz CT molecular complexity index is 4830. The summed E-state index contributed by atoms with van der Waals surface area (Å²) in [6.07, 6.45) is 2.15. The summed E-state index contributed by atoms with van der Waals surface area (Å²) in [5.74, 6) is -9.93. The lowest BCUT2D eigenvalue weighted by Crippen LogP contribution is -2.43. The number of ether oxygens (including phenoxy) is 4. The zero-order valence-electron chi connectivity index (χ0n) is 52.1. The van der Waals surface area contributed by atoms with Crippen molar-refractivity contribution >= 4 is 100 Å². The molecule has 0 radical (unpaired) electrons. The number of fused-ring (bicyclic) bond motifs is 2. The first-order valence-corrected chi connectivity index (χ1v) is 29.9. The molecule has 7 aromatic rings. The molecule has 1 N–H and O–H groups in total. The molecule has 0 spiro atoms. The van der Waals surface area contributed by atoms with E-state index in [1.165, 1.54) is 152 Å². The van der Waals surface area contributed by atoms with Gasteiger partial charge in [-0.05, 0) is 152 Å². The first kappa shape index (κ1) is 67.3. The predicted octanol–water partition coefficient (Wildman–Crippen LogP) is 7.09. The SMILES string of the molecule is CC(c1ccc(N2C(=O)C=CC2=O)cc1)(c1ccc(N2C(=O)C=CC2=O)cc1)C(F)(F)F.Cc1cc(OC(=O)c2ccc(OC(O)c3ccc4c(c3)C(=O)N(CN3C(=O)C=CC3=O)C4=O)cc2)ccc1OC(=O)c1ccc(OC(=O)c2ccc3c(c2)C(=O)N(CN2C(=O)C=CC2=O)C3=O)cc1. The third-order valence-electron chi connectivity index (χ3n) is 16.6. The number of aliphatic hydroxyl groups excluding tert-OH is 1. The van der Waals surface area contributed by atoms with Gasteiger partial charge in [0.05, 0.1) is 50.3 Å². The first-order valence-electron chi connectivity index (χ1n) is 29.9. The summed E-state index contributed by atoms with van der Waals surface area (Å²) in [4.78, 5) is 191. The fourth-order valence-corrected chi connectivity index (χ4v) is 11.1. The van der Waals surface area contributed by atoms with Crippen LogP contribution in [0.2, 0.25) is 0 Å². The van der Waals surface area contributed by atoms with E-state index in [0.29, 0.717) is 5.56 Å². The van der Waals surface area contributed by atoms with Crippen molar-refractivity contribution < 1.29 is 109 Å². The molecule has 0 bridgehead atoms. The highest BCUT2D eigenvalue weighted by Crippen LogP contribution is 2.47. The van der Waals surface area contributed by atoms with E-state index in [9.17, 15) is 90.2 Å². The highest BCUT2D eigenvalue weighted by atomic mass is 19.4. The van der Waals surface area contributed by atoms with Crippen molar-refractivity contribution in [1.29, 1.82) is 0 Å². The van der Waals surface area contributed by atoms with E-state index in [1.807, 2.05) is 0 Å². The predicted molar refractivity (Wildman–Crippen MR) is 339 cm³/mol. The second-order valence-electron chi connectivity index (χ2n) is 22.8. The van der Waals surface area contributed by atoms with Gasteiger partial charge in [0.15, 0.2) is 0 Å². The van der Waals surface area contributed by atoms with Gasteiger partial charge in [-0.1, -0.05) is 30.3 Å². The molecule has 0 aromatic heterocycles. The number of halogens is 3. The molecule has 0 saturated heterocycles. The average Bonchev–Trinajstić information content (AvgIpc) is 1.35. The number of hydrogen-bond donors (Lipinski definition) is 1. The maximum absolute atomic E-state index is 14.3. The maximum atomic E-state index is 14.3. The number of aliphatic hydroxyl groups is 1.